The van der Waals surface area contributed by atoms with E-state index in [0.29, 0.717) is 0 Å². The van der Waals surface area contributed by atoms with Gasteiger partial charge in [-0.05, 0) is 29.7 Å². The van der Waals surface area contributed by atoms with Crippen LogP contribution in [0.3, 0.4) is 0 Å². The van der Waals surface area contributed by atoms with Gasteiger partial charge in [0, 0.05) is 24.2 Å². The minimum absolute atomic E-state index is 0.0321. The first-order chi connectivity index (χ1) is 9.63. The number of benzene rings is 1. The van der Waals surface area contributed by atoms with Crippen LogP contribution in [0.2, 0.25) is 0 Å². The van der Waals surface area contributed by atoms with Gasteiger partial charge < -0.3 is 9.51 Å². The Morgan fingerprint density at radius 1 is 1.35 bits per heavy atom. The molecule has 3 aromatic rings. The van der Waals surface area contributed by atoms with Crippen LogP contribution in [-0.4, -0.2) is 20.5 Å². The SMILES string of the molecule is Cc1cc(-c2cccc(CC(=O)O)c2)c2nccn2c1. The molecule has 0 amide bonds. The van der Waals surface area contributed by atoms with Gasteiger partial charge in [-0.2, -0.15) is 0 Å². The largest absolute Gasteiger partial charge is 0.481 e. The fourth-order valence-electron chi connectivity index (χ4n) is 2.41. The molecule has 0 aliphatic rings. The number of carboxylic acid groups (broad SMARTS) is 1. The second kappa shape index (κ2) is 4.81. The number of fused-ring (bicyclic) bond motifs is 1. The summed E-state index contributed by atoms with van der Waals surface area (Å²) in [6.07, 6.45) is 5.73. The summed E-state index contributed by atoms with van der Waals surface area (Å²) in [5.74, 6) is -0.822. The monoisotopic (exact) mass is 266 g/mol. The van der Waals surface area contributed by atoms with Crippen molar-refractivity contribution in [3.05, 3.63) is 60.0 Å². The second-order valence-corrected chi connectivity index (χ2v) is 4.86. The highest BCUT2D eigenvalue weighted by Crippen LogP contribution is 2.25. The number of aryl methyl sites for hydroxylation is 1. The molecule has 3 rings (SSSR count). The van der Waals surface area contributed by atoms with Crippen molar-refractivity contribution in [1.29, 1.82) is 0 Å². The molecule has 2 aromatic heterocycles. The molecule has 0 aliphatic heterocycles. The number of aromatic nitrogens is 2. The Labute approximate surface area is 116 Å². The van der Waals surface area contributed by atoms with E-state index in [2.05, 4.69) is 11.1 Å². The molecular formula is C16H14N2O2. The predicted octanol–water partition coefficient (Wildman–Crippen LogP) is 2.94. The zero-order valence-corrected chi connectivity index (χ0v) is 11.1. The number of nitrogens with zero attached hydrogens (tertiary/aromatic N) is 2. The molecule has 0 aliphatic carbocycles. The Kier molecular flexibility index (Phi) is 2.99. The minimum Gasteiger partial charge on any atom is -0.481 e. The van der Waals surface area contributed by atoms with Gasteiger partial charge in [-0.1, -0.05) is 24.3 Å². The van der Waals surface area contributed by atoms with E-state index in [4.69, 9.17) is 5.11 Å². The topological polar surface area (TPSA) is 54.6 Å². The van der Waals surface area contributed by atoms with E-state index in [1.165, 1.54) is 0 Å². The van der Waals surface area contributed by atoms with Crippen LogP contribution < -0.4 is 0 Å². The zero-order chi connectivity index (χ0) is 14.1. The molecule has 0 unspecified atom stereocenters. The normalized spacial score (nSPS) is 10.8. The van der Waals surface area contributed by atoms with Crippen molar-refractivity contribution in [2.24, 2.45) is 0 Å². The van der Waals surface area contributed by atoms with Gasteiger partial charge in [0.1, 0.15) is 5.65 Å². The summed E-state index contributed by atoms with van der Waals surface area (Å²) in [7, 11) is 0. The van der Waals surface area contributed by atoms with Gasteiger partial charge in [-0.25, -0.2) is 4.98 Å². The quantitative estimate of drug-likeness (QED) is 0.793. The van der Waals surface area contributed by atoms with Crippen molar-refractivity contribution in [3.8, 4) is 11.1 Å². The maximum atomic E-state index is 10.8. The summed E-state index contributed by atoms with van der Waals surface area (Å²) >= 11 is 0. The third-order valence-corrected chi connectivity index (χ3v) is 3.22. The Hall–Kier alpha value is -2.62. The number of carboxylic acids is 1. The Bertz CT molecular complexity index is 790. The first-order valence-corrected chi connectivity index (χ1v) is 6.38. The first kappa shape index (κ1) is 12.4. The molecule has 0 saturated heterocycles. The molecular weight excluding hydrogens is 252 g/mol. The fraction of sp³-hybridized carbons (Fsp3) is 0.125. The number of carbonyl (C=O) groups is 1. The van der Waals surface area contributed by atoms with Crippen molar-refractivity contribution < 1.29 is 9.90 Å². The summed E-state index contributed by atoms with van der Waals surface area (Å²) in [6, 6.07) is 9.68. The van der Waals surface area contributed by atoms with E-state index in [0.717, 1.165) is 27.9 Å². The summed E-state index contributed by atoms with van der Waals surface area (Å²) in [5, 5.41) is 8.89. The van der Waals surface area contributed by atoms with E-state index in [1.54, 1.807) is 6.20 Å². The van der Waals surface area contributed by atoms with Gasteiger partial charge in [0.2, 0.25) is 0 Å². The number of imidazole rings is 1. The summed E-state index contributed by atoms with van der Waals surface area (Å²) < 4.78 is 1.98. The summed E-state index contributed by atoms with van der Waals surface area (Å²) in [5.41, 5.74) is 4.81. The number of hydrogen-bond donors (Lipinski definition) is 1. The molecule has 0 bridgehead atoms. The standard InChI is InChI=1S/C16H14N2O2/c1-11-7-14(16-17-5-6-18(16)10-11)13-4-2-3-12(8-13)9-15(19)20/h2-8,10H,9H2,1H3,(H,19,20). The Morgan fingerprint density at radius 3 is 3.00 bits per heavy atom. The van der Waals surface area contributed by atoms with Gasteiger partial charge in [0.15, 0.2) is 0 Å². The predicted molar refractivity (Wildman–Crippen MR) is 76.7 cm³/mol. The summed E-state index contributed by atoms with van der Waals surface area (Å²) in [4.78, 5) is 15.2. The molecule has 0 saturated carbocycles. The van der Waals surface area contributed by atoms with E-state index in [1.807, 2.05) is 48.0 Å². The molecule has 0 radical (unpaired) electrons. The lowest BCUT2D eigenvalue weighted by Gasteiger charge is -2.07. The van der Waals surface area contributed by atoms with Crippen LogP contribution in [-0.2, 0) is 11.2 Å². The lowest BCUT2D eigenvalue weighted by atomic mass is 10.0. The number of aliphatic carboxylic acids is 1. The average molecular weight is 266 g/mol. The zero-order valence-electron chi connectivity index (χ0n) is 11.1. The Balaban J connectivity index is 2.15. The molecule has 1 N–H and O–H groups in total. The molecule has 0 atom stereocenters. The van der Waals surface area contributed by atoms with Crippen LogP contribution >= 0.6 is 0 Å². The lowest BCUT2D eigenvalue weighted by molar-refractivity contribution is -0.136. The number of rotatable bonds is 3. The highest BCUT2D eigenvalue weighted by atomic mass is 16.4. The second-order valence-electron chi connectivity index (χ2n) is 4.86. The maximum Gasteiger partial charge on any atom is 0.307 e. The molecule has 1 aromatic carbocycles. The number of hydrogen-bond acceptors (Lipinski definition) is 2. The summed E-state index contributed by atoms with van der Waals surface area (Å²) in [6.45, 7) is 2.03. The molecule has 100 valence electrons. The first-order valence-electron chi connectivity index (χ1n) is 6.38. The molecule has 4 heteroatoms. The van der Waals surface area contributed by atoms with Crippen LogP contribution in [0.1, 0.15) is 11.1 Å². The molecule has 4 nitrogen and oxygen atoms in total. The molecule has 2 heterocycles. The van der Waals surface area contributed by atoms with Crippen molar-refractivity contribution in [3.63, 3.8) is 0 Å². The van der Waals surface area contributed by atoms with E-state index in [9.17, 15) is 4.79 Å². The molecule has 20 heavy (non-hydrogen) atoms. The van der Waals surface area contributed by atoms with Crippen LogP contribution in [0.25, 0.3) is 16.8 Å². The van der Waals surface area contributed by atoms with Crippen molar-refractivity contribution in [1.82, 2.24) is 9.38 Å². The average Bonchev–Trinajstić information content (AvgIpc) is 2.85. The van der Waals surface area contributed by atoms with Gasteiger partial charge in [0.05, 0.1) is 6.42 Å². The smallest absolute Gasteiger partial charge is 0.307 e. The molecule has 0 fully saturated rings. The van der Waals surface area contributed by atoms with Crippen molar-refractivity contribution >= 4 is 11.6 Å². The highest BCUT2D eigenvalue weighted by Gasteiger charge is 2.08. The van der Waals surface area contributed by atoms with Crippen LogP contribution in [0.4, 0.5) is 0 Å². The fourth-order valence-corrected chi connectivity index (χ4v) is 2.41. The van der Waals surface area contributed by atoms with Crippen LogP contribution in [0.15, 0.2) is 48.9 Å². The van der Waals surface area contributed by atoms with Gasteiger partial charge in [-0.15, -0.1) is 0 Å². The highest BCUT2D eigenvalue weighted by molar-refractivity contribution is 5.79. The van der Waals surface area contributed by atoms with E-state index < -0.39 is 5.97 Å². The third-order valence-electron chi connectivity index (χ3n) is 3.22. The Morgan fingerprint density at radius 2 is 2.20 bits per heavy atom. The minimum atomic E-state index is -0.822. The third kappa shape index (κ3) is 2.28. The van der Waals surface area contributed by atoms with Gasteiger partial charge in [-0.3, -0.25) is 4.79 Å². The van der Waals surface area contributed by atoms with Crippen LogP contribution in [0, 0.1) is 6.92 Å². The van der Waals surface area contributed by atoms with Gasteiger partial charge in [0.25, 0.3) is 0 Å². The van der Waals surface area contributed by atoms with Crippen molar-refractivity contribution in [2.45, 2.75) is 13.3 Å². The lowest BCUT2D eigenvalue weighted by Crippen LogP contribution is -2.00. The van der Waals surface area contributed by atoms with E-state index in [-0.39, 0.29) is 6.42 Å². The van der Waals surface area contributed by atoms with E-state index >= 15 is 0 Å². The molecule has 0 spiro atoms. The van der Waals surface area contributed by atoms with Crippen LogP contribution in [0.5, 0.6) is 0 Å². The number of pyridine rings is 1. The maximum absolute atomic E-state index is 10.8. The van der Waals surface area contributed by atoms with Gasteiger partial charge >= 0.3 is 5.97 Å². The van der Waals surface area contributed by atoms with Crippen molar-refractivity contribution in [2.75, 3.05) is 0 Å².